The summed E-state index contributed by atoms with van der Waals surface area (Å²) in [5.74, 6) is 0. The SMILES string of the molecule is Cc1ccc(C)n1NCc1csc(C(C)(C)C)n1. The van der Waals surface area contributed by atoms with Gasteiger partial charge >= 0.3 is 0 Å². The fourth-order valence-corrected chi connectivity index (χ4v) is 2.72. The molecule has 0 aromatic carbocycles. The van der Waals surface area contributed by atoms with E-state index in [1.807, 2.05) is 0 Å². The van der Waals surface area contributed by atoms with Crippen LogP contribution in [-0.4, -0.2) is 9.66 Å². The van der Waals surface area contributed by atoms with Crippen molar-refractivity contribution in [2.45, 2.75) is 46.6 Å². The molecule has 0 saturated heterocycles. The van der Waals surface area contributed by atoms with Crippen LogP contribution in [0.15, 0.2) is 17.5 Å². The Kier molecular flexibility index (Phi) is 3.48. The van der Waals surface area contributed by atoms with Crippen LogP contribution in [0, 0.1) is 13.8 Å². The molecule has 0 aliphatic heterocycles. The molecule has 0 aliphatic carbocycles. The van der Waals surface area contributed by atoms with E-state index in [4.69, 9.17) is 0 Å². The zero-order chi connectivity index (χ0) is 13.3. The summed E-state index contributed by atoms with van der Waals surface area (Å²) in [6.07, 6.45) is 0. The Morgan fingerprint density at radius 1 is 1.22 bits per heavy atom. The van der Waals surface area contributed by atoms with Crippen molar-refractivity contribution in [1.82, 2.24) is 9.66 Å². The van der Waals surface area contributed by atoms with Gasteiger partial charge in [-0.1, -0.05) is 20.8 Å². The van der Waals surface area contributed by atoms with Gasteiger partial charge in [0.2, 0.25) is 0 Å². The van der Waals surface area contributed by atoms with Gasteiger partial charge in [-0.15, -0.1) is 11.3 Å². The minimum atomic E-state index is 0.141. The van der Waals surface area contributed by atoms with E-state index < -0.39 is 0 Å². The molecule has 0 unspecified atom stereocenters. The second-order valence-electron chi connectivity index (χ2n) is 5.68. The van der Waals surface area contributed by atoms with E-state index >= 15 is 0 Å². The zero-order valence-electron chi connectivity index (χ0n) is 11.7. The molecule has 2 heterocycles. The van der Waals surface area contributed by atoms with Crippen LogP contribution in [0.4, 0.5) is 0 Å². The number of aryl methyl sites for hydroxylation is 2. The van der Waals surface area contributed by atoms with Gasteiger partial charge in [0.05, 0.1) is 17.2 Å². The van der Waals surface area contributed by atoms with Crippen molar-refractivity contribution < 1.29 is 0 Å². The highest BCUT2D eigenvalue weighted by molar-refractivity contribution is 7.09. The van der Waals surface area contributed by atoms with Gasteiger partial charge in [0, 0.05) is 22.2 Å². The van der Waals surface area contributed by atoms with Crippen molar-refractivity contribution in [2.24, 2.45) is 0 Å². The lowest BCUT2D eigenvalue weighted by Gasteiger charge is -2.14. The van der Waals surface area contributed by atoms with Crippen molar-refractivity contribution in [3.8, 4) is 0 Å². The third-order valence-corrected chi connectivity index (χ3v) is 4.20. The molecule has 0 saturated carbocycles. The van der Waals surface area contributed by atoms with Crippen LogP contribution >= 0.6 is 11.3 Å². The van der Waals surface area contributed by atoms with Crippen LogP contribution in [0.25, 0.3) is 0 Å². The van der Waals surface area contributed by atoms with Crippen LogP contribution in [0.5, 0.6) is 0 Å². The van der Waals surface area contributed by atoms with Crippen molar-refractivity contribution in [3.63, 3.8) is 0 Å². The smallest absolute Gasteiger partial charge is 0.0982 e. The molecular formula is C14H21N3S. The highest BCUT2D eigenvalue weighted by Crippen LogP contribution is 2.25. The third-order valence-electron chi connectivity index (χ3n) is 2.88. The molecule has 98 valence electrons. The second kappa shape index (κ2) is 4.76. The molecule has 1 N–H and O–H groups in total. The molecule has 18 heavy (non-hydrogen) atoms. The summed E-state index contributed by atoms with van der Waals surface area (Å²) in [6.45, 7) is 11.6. The minimum absolute atomic E-state index is 0.141. The molecule has 0 spiro atoms. The molecule has 0 aliphatic rings. The zero-order valence-corrected chi connectivity index (χ0v) is 12.6. The molecule has 0 fully saturated rings. The lowest BCUT2D eigenvalue weighted by Crippen LogP contribution is -2.17. The summed E-state index contributed by atoms with van der Waals surface area (Å²) in [5.41, 5.74) is 7.10. The van der Waals surface area contributed by atoms with Crippen molar-refractivity contribution in [1.29, 1.82) is 0 Å². The van der Waals surface area contributed by atoms with E-state index in [1.54, 1.807) is 11.3 Å². The maximum atomic E-state index is 4.68. The topological polar surface area (TPSA) is 29.9 Å². The molecule has 2 aromatic rings. The van der Waals surface area contributed by atoms with Gasteiger partial charge in [0.1, 0.15) is 0 Å². The fourth-order valence-electron chi connectivity index (χ4n) is 1.81. The molecule has 2 aromatic heterocycles. The highest BCUT2D eigenvalue weighted by atomic mass is 32.1. The molecule has 0 atom stereocenters. The Bertz CT molecular complexity index is 512. The van der Waals surface area contributed by atoms with Gasteiger partial charge in [-0.3, -0.25) is 4.68 Å². The number of hydrogen-bond donors (Lipinski definition) is 1. The first kappa shape index (κ1) is 13.1. The van der Waals surface area contributed by atoms with Crippen molar-refractivity contribution >= 4 is 11.3 Å². The molecular weight excluding hydrogens is 242 g/mol. The van der Waals surface area contributed by atoms with E-state index in [-0.39, 0.29) is 5.41 Å². The van der Waals surface area contributed by atoms with E-state index in [1.165, 1.54) is 16.4 Å². The first-order valence-electron chi connectivity index (χ1n) is 6.21. The number of hydrogen-bond acceptors (Lipinski definition) is 3. The summed E-state index contributed by atoms with van der Waals surface area (Å²) in [7, 11) is 0. The van der Waals surface area contributed by atoms with Crippen molar-refractivity contribution in [2.75, 3.05) is 5.43 Å². The predicted octanol–water partition coefficient (Wildman–Crippen LogP) is 3.60. The van der Waals surface area contributed by atoms with Crippen LogP contribution in [0.3, 0.4) is 0 Å². The van der Waals surface area contributed by atoms with Gasteiger partial charge in [-0.05, 0) is 26.0 Å². The Morgan fingerprint density at radius 3 is 2.33 bits per heavy atom. The molecule has 4 heteroatoms. The number of thiazole rings is 1. The maximum Gasteiger partial charge on any atom is 0.0982 e. The molecule has 3 nitrogen and oxygen atoms in total. The van der Waals surface area contributed by atoms with E-state index in [0.29, 0.717) is 0 Å². The Hall–Kier alpha value is -1.29. The largest absolute Gasteiger partial charge is 0.320 e. The second-order valence-corrected chi connectivity index (χ2v) is 6.54. The number of nitrogens with zero attached hydrogens (tertiary/aromatic N) is 2. The van der Waals surface area contributed by atoms with E-state index in [0.717, 1.165) is 12.2 Å². The normalized spacial score (nSPS) is 11.8. The standard InChI is InChI=1S/C14H21N3S/c1-10-6-7-11(2)17(10)15-8-12-9-18-13(16-12)14(3,4)5/h6-7,9,15H,8H2,1-5H3. The summed E-state index contributed by atoms with van der Waals surface area (Å²) in [6, 6.07) is 4.23. The van der Waals surface area contributed by atoms with Gasteiger partial charge < -0.3 is 5.43 Å². The fraction of sp³-hybridized carbons (Fsp3) is 0.500. The lowest BCUT2D eigenvalue weighted by molar-refractivity contribution is 0.582. The van der Waals surface area contributed by atoms with Gasteiger partial charge in [-0.25, -0.2) is 4.98 Å². The summed E-state index contributed by atoms with van der Waals surface area (Å²) < 4.78 is 2.11. The minimum Gasteiger partial charge on any atom is -0.320 e. The van der Waals surface area contributed by atoms with Gasteiger partial charge in [0.25, 0.3) is 0 Å². The highest BCUT2D eigenvalue weighted by Gasteiger charge is 2.17. The number of nitrogens with one attached hydrogen (secondary N) is 1. The van der Waals surface area contributed by atoms with Crippen LogP contribution in [-0.2, 0) is 12.0 Å². The average molecular weight is 263 g/mol. The lowest BCUT2D eigenvalue weighted by atomic mass is 9.98. The predicted molar refractivity (Wildman–Crippen MR) is 77.8 cm³/mol. The Morgan fingerprint density at radius 2 is 1.83 bits per heavy atom. The van der Waals surface area contributed by atoms with Gasteiger partial charge in [0.15, 0.2) is 0 Å². The number of aromatic nitrogens is 2. The van der Waals surface area contributed by atoms with Gasteiger partial charge in [-0.2, -0.15) is 0 Å². The first-order chi connectivity index (χ1) is 8.38. The molecule has 0 amide bonds. The molecule has 2 rings (SSSR count). The monoisotopic (exact) mass is 263 g/mol. The average Bonchev–Trinajstić information content (AvgIpc) is 2.84. The van der Waals surface area contributed by atoms with Crippen LogP contribution < -0.4 is 5.43 Å². The summed E-state index contributed by atoms with van der Waals surface area (Å²) >= 11 is 1.74. The van der Waals surface area contributed by atoms with E-state index in [2.05, 4.69) is 67.2 Å². The Balaban J connectivity index is 2.05. The number of rotatable bonds is 3. The third kappa shape index (κ3) is 2.75. The van der Waals surface area contributed by atoms with E-state index in [9.17, 15) is 0 Å². The quantitative estimate of drug-likeness (QED) is 0.917. The van der Waals surface area contributed by atoms with Crippen molar-refractivity contribution in [3.05, 3.63) is 39.6 Å². The Labute approximate surface area is 113 Å². The first-order valence-corrected chi connectivity index (χ1v) is 7.09. The maximum absolute atomic E-state index is 4.68. The summed E-state index contributed by atoms with van der Waals surface area (Å²) in [5, 5.41) is 3.34. The molecule has 0 bridgehead atoms. The molecule has 0 radical (unpaired) electrons. The van der Waals surface area contributed by atoms with Crippen LogP contribution in [0.2, 0.25) is 0 Å². The summed E-state index contributed by atoms with van der Waals surface area (Å²) in [4.78, 5) is 4.68. The van der Waals surface area contributed by atoms with Crippen LogP contribution in [0.1, 0.15) is 42.9 Å².